The van der Waals surface area contributed by atoms with Gasteiger partial charge < -0.3 is 5.32 Å². The Morgan fingerprint density at radius 2 is 2.00 bits per heavy atom. The van der Waals surface area contributed by atoms with E-state index in [-0.39, 0.29) is 0 Å². The predicted molar refractivity (Wildman–Crippen MR) is 112 cm³/mol. The van der Waals surface area contributed by atoms with Gasteiger partial charge in [-0.05, 0) is 55.2 Å². The summed E-state index contributed by atoms with van der Waals surface area (Å²) in [5.41, 5.74) is 4.44. The van der Waals surface area contributed by atoms with Crippen LogP contribution in [0.2, 0.25) is 10.0 Å². The van der Waals surface area contributed by atoms with Crippen molar-refractivity contribution in [1.29, 1.82) is 0 Å². The van der Waals surface area contributed by atoms with Crippen LogP contribution in [0.25, 0.3) is 5.69 Å². The van der Waals surface area contributed by atoms with Gasteiger partial charge in [-0.2, -0.15) is 5.10 Å². The second-order valence-electron chi connectivity index (χ2n) is 6.46. The van der Waals surface area contributed by atoms with Gasteiger partial charge >= 0.3 is 0 Å². The van der Waals surface area contributed by atoms with Crippen molar-refractivity contribution in [3.05, 3.63) is 73.8 Å². The molecular formula is C20H18BrCl2N3. The SMILES string of the molecule is Clc1ccc(Cc2nn(-c3cccc(Br)c3)c3c2CCCCN3)c(Cl)c1. The highest BCUT2D eigenvalue weighted by atomic mass is 79.9. The van der Waals surface area contributed by atoms with E-state index in [1.54, 1.807) is 6.07 Å². The van der Waals surface area contributed by atoms with Gasteiger partial charge in [0, 0.05) is 33.0 Å². The van der Waals surface area contributed by atoms with E-state index in [1.807, 2.05) is 28.9 Å². The summed E-state index contributed by atoms with van der Waals surface area (Å²) in [4.78, 5) is 0. The number of fused-ring (bicyclic) bond motifs is 1. The van der Waals surface area contributed by atoms with Crippen molar-refractivity contribution in [2.75, 3.05) is 11.9 Å². The Hall–Kier alpha value is -1.49. The number of nitrogens with one attached hydrogen (secondary N) is 1. The van der Waals surface area contributed by atoms with Crippen molar-refractivity contribution in [2.24, 2.45) is 0 Å². The molecule has 3 nitrogen and oxygen atoms in total. The molecule has 0 amide bonds. The third-order valence-corrected chi connectivity index (χ3v) is 5.72. The van der Waals surface area contributed by atoms with Gasteiger partial charge in [-0.3, -0.25) is 0 Å². The van der Waals surface area contributed by atoms with Crippen LogP contribution in [0.5, 0.6) is 0 Å². The van der Waals surface area contributed by atoms with Gasteiger partial charge in [-0.15, -0.1) is 0 Å². The molecule has 2 heterocycles. The number of hydrogen-bond donors (Lipinski definition) is 1. The third-order valence-electron chi connectivity index (χ3n) is 4.64. The van der Waals surface area contributed by atoms with E-state index < -0.39 is 0 Å². The molecule has 4 rings (SSSR count). The maximum atomic E-state index is 6.40. The number of benzene rings is 2. The largest absolute Gasteiger partial charge is 0.370 e. The predicted octanol–water partition coefficient (Wildman–Crippen LogP) is 6.28. The van der Waals surface area contributed by atoms with E-state index in [1.165, 1.54) is 5.56 Å². The van der Waals surface area contributed by atoms with Gasteiger partial charge in [0.15, 0.2) is 0 Å². The lowest BCUT2D eigenvalue weighted by molar-refractivity contribution is 0.767. The lowest BCUT2D eigenvalue weighted by Crippen LogP contribution is -2.07. The zero-order chi connectivity index (χ0) is 18.1. The molecule has 0 saturated heterocycles. The van der Waals surface area contributed by atoms with Crippen LogP contribution in [0.3, 0.4) is 0 Å². The third kappa shape index (κ3) is 3.64. The second-order valence-corrected chi connectivity index (χ2v) is 8.22. The zero-order valence-corrected chi connectivity index (χ0v) is 17.2. The van der Waals surface area contributed by atoms with Crippen molar-refractivity contribution in [1.82, 2.24) is 9.78 Å². The molecule has 1 aliphatic heterocycles. The summed E-state index contributed by atoms with van der Waals surface area (Å²) < 4.78 is 3.06. The Morgan fingerprint density at radius 3 is 2.81 bits per heavy atom. The lowest BCUT2D eigenvalue weighted by Gasteiger charge is -2.09. The minimum atomic E-state index is 0.652. The molecule has 1 aromatic heterocycles. The van der Waals surface area contributed by atoms with E-state index in [2.05, 4.69) is 33.4 Å². The Balaban J connectivity index is 1.79. The lowest BCUT2D eigenvalue weighted by atomic mass is 10.0. The number of rotatable bonds is 3. The molecule has 2 aromatic carbocycles. The Labute approximate surface area is 171 Å². The average Bonchev–Trinajstić information content (AvgIpc) is 2.79. The molecule has 1 N–H and O–H groups in total. The van der Waals surface area contributed by atoms with Crippen molar-refractivity contribution in [3.8, 4) is 5.69 Å². The maximum absolute atomic E-state index is 6.40. The molecule has 6 heteroatoms. The van der Waals surface area contributed by atoms with Gasteiger partial charge in [0.1, 0.15) is 5.82 Å². The summed E-state index contributed by atoms with van der Waals surface area (Å²) in [5.74, 6) is 1.10. The van der Waals surface area contributed by atoms with Crippen LogP contribution >= 0.6 is 39.1 Å². The Morgan fingerprint density at radius 1 is 1.12 bits per heavy atom. The van der Waals surface area contributed by atoms with E-state index in [0.29, 0.717) is 16.5 Å². The standard InChI is InChI=1S/C20H18BrCl2N3/c21-14-4-3-5-16(11-14)26-20-17(6-1-2-9-24-20)19(25-26)10-13-7-8-15(22)12-18(13)23/h3-5,7-8,11-12,24H,1-2,6,9-10H2. The molecule has 0 unspecified atom stereocenters. The fourth-order valence-corrected chi connectivity index (χ4v) is 4.22. The van der Waals surface area contributed by atoms with Crippen LogP contribution < -0.4 is 5.32 Å². The molecule has 0 fully saturated rings. The molecule has 26 heavy (non-hydrogen) atoms. The normalized spacial score (nSPS) is 13.8. The highest BCUT2D eigenvalue weighted by Crippen LogP contribution is 2.31. The van der Waals surface area contributed by atoms with Crippen LogP contribution in [0.1, 0.15) is 29.7 Å². The van der Waals surface area contributed by atoms with Crippen LogP contribution in [0.15, 0.2) is 46.9 Å². The number of hydrogen-bond acceptors (Lipinski definition) is 2. The van der Waals surface area contributed by atoms with Crippen molar-refractivity contribution in [3.63, 3.8) is 0 Å². The fourth-order valence-electron chi connectivity index (χ4n) is 3.36. The molecule has 3 aromatic rings. The molecule has 1 aliphatic rings. The Kier molecular flexibility index (Phi) is 5.25. The summed E-state index contributed by atoms with van der Waals surface area (Å²) in [5, 5.41) is 9.85. The minimum Gasteiger partial charge on any atom is -0.370 e. The van der Waals surface area contributed by atoms with Crippen LogP contribution in [-0.2, 0) is 12.8 Å². The summed E-state index contributed by atoms with van der Waals surface area (Å²) in [6, 6.07) is 13.9. The highest BCUT2D eigenvalue weighted by molar-refractivity contribution is 9.10. The second kappa shape index (κ2) is 7.63. The first-order valence-corrected chi connectivity index (χ1v) is 10.2. The highest BCUT2D eigenvalue weighted by Gasteiger charge is 2.21. The first-order valence-electron chi connectivity index (χ1n) is 8.66. The van der Waals surface area contributed by atoms with Gasteiger partial charge in [0.2, 0.25) is 0 Å². The summed E-state index contributed by atoms with van der Waals surface area (Å²) in [6.07, 6.45) is 4.04. The van der Waals surface area contributed by atoms with E-state index in [0.717, 1.165) is 53.0 Å². The topological polar surface area (TPSA) is 29.9 Å². The molecule has 0 atom stereocenters. The van der Waals surface area contributed by atoms with Crippen molar-refractivity contribution >= 4 is 44.9 Å². The smallest absolute Gasteiger partial charge is 0.133 e. The average molecular weight is 451 g/mol. The van der Waals surface area contributed by atoms with Crippen LogP contribution in [0, 0.1) is 0 Å². The van der Waals surface area contributed by atoms with Gasteiger partial charge in [-0.1, -0.05) is 51.3 Å². The molecule has 0 saturated carbocycles. The number of anilines is 1. The van der Waals surface area contributed by atoms with Crippen LogP contribution in [0.4, 0.5) is 5.82 Å². The van der Waals surface area contributed by atoms with Gasteiger partial charge in [0.25, 0.3) is 0 Å². The first-order chi connectivity index (χ1) is 12.6. The quantitative estimate of drug-likeness (QED) is 0.508. The van der Waals surface area contributed by atoms with Crippen LogP contribution in [-0.4, -0.2) is 16.3 Å². The molecule has 0 radical (unpaired) electrons. The van der Waals surface area contributed by atoms with Gasteiger partial charge in [0.05, 0.1) is 11.4 Å². The minimum absolute atomic E-state index is 0.652. The fraction of sp³-hybridized carbons (Fsp3) is 0.250. The molecule has 0 bridgehead atoms. The summed E-state index contributed by atoms with van der Waals surface area (Å²) >= 11 is 16.0. The maximum Gasteiger partial charge on any atom is 0.133 e. The first kappa shape index (κ1) is 17.9. The number of nitrogens with zero attached hydrogens (tertiary/aromatic N) is 2. The molecule has 134 valence electrons. The van der Waals surface area contributed by atoms with E-state index in [9.17, 15) is 0 Å². The van der Waals surface area contributed by atoms with Crippen molar-refractivity contribution in [2.45, 2.75) is 25.7 Å². The number of halogens is 3. The van der Waals surface area contributed by atoms with Crippen molar-refractivity contribution < 1.29 is 0 Å². The zero-order valence-electron chi connectivity index (χ0n) is 14.1. The monoisotopic (exact) mass is 449 g/mol. The summed E-state index contributed by atoms with van der Waals surface area (Å²) in [7, 11) is 0. The Bertz CT molecular complexity index is 952. The molecular weight excluding hydrogens is 433 g/mol. The van der Waals surface area contributed by atoms with E-state index in [4.69, 9.17) is 28.3 Å². The van der Waals surface area contributed by atoms with Gasteiger partial charge in [-0.25, -0.2) is 4.68 Å². The molecule has 0 aliphatic carbocycles. The summed E-state index contributed by atoms with van der Waals surface area (Å²) in [6.45, 7) is 0.966. The molecule has 0 spiro atoms. The van der Waals surface area contributed by atoms with E-state index >= 15 is 0 Å². The number of aromatic nitrogens is 2.